The second-order valence-corrected chi connectivity index (χ2v) is 5.25. The molecule has 2 rings (SSSR count). The minimum absolute atomic E-state index is 0.264. The first kappa shape index (κ1) is 11.5. The molecule has 84 valence electrons. The van der Waals surface area contributed by atoms with Crippen molar-refractivity contribution >= 4 is 33.1 Å². The number of hydrogen-bond acceptors (Lipinski definition) is 4. The van der Waals surface area contributed by atoms with Crippen LogP contribution >= 0.6 is 27.3 Å². The Morgan fingerprint density at radius 2 is 2.25 bits per heavy atom. The third-order valence-electron chi connectivity index (χ3n) is 2.35. The number of rotatable bonds is 3. The van der Waals surface area contributed by atoms with E-state index in [2.05, 4.69) is 55.7 Å². The van der Waals surface area contributed by atoms with E-state index in [4.69, 9.17) is 0 Å². The number of nitrogens with zero attached hydrogens (tertiary/aromatic N) is 2. The van der Waals surface area contributed by atoms with Gasteiger partial charge in [0, 0.05) is 10.4 Å². The molecule has 0 amide bonds. The van der Waals surface area contributed by atoms with Crippen molar-refractivity contribution in [3.8, 4) is 0 Å². The quantitative estimate of drug-likeness (QED) is 0.876. The van der Waals surface area contributed by atoms with Crippen LogP contribution in [0.1, 0.15) is 23.4 Å². The Morgan fingerprint density at radius 3 is 2.94 bits per heavy atom. The second kappa shape index (κ2) is 4.93. The summed E-state index contributed by atoms with van der Waals surface area (Å²) in [5, 5.41) is 5.46. The van der Waals surface area contributed by atoms with Crippen LogP contribution in [-0.4, -0.2) is 9.97 Å². The molecule has 16 heavy (non-hydrogen) atoms. The summed E-state index contributed by atoms with van der Waals surface area (Å²) in [6.07, 6.45) is 1.56. The summed E-state index contributed by atoms with van der Waals surface area (Å²) >= 11 is 5.14. The molecule has 2 aromatic rings. The maximum absolute atomic E-state index is 4.24. The predicted molar refractivity (Wildman–Crippen MR) is 70.8 cm³/mol. The number of aromatic nitrogens is 2. The standard InChI is InChI=1S/C11H12BrN3S/c1-7-10(12)13-6-14-11(7)15-8(2)9-4-3-5-16-9/h3-6,8H,1-2H3,(H,13,14,15). The van der Waals surface area contributed by atoms with Crippen LogP contribution in [0.25, 0.3) is 0 Å². The lowest BCUT2D eigenvalue weighted by molar-refractivity contribution is 0.886. The highest BCUT2D eigenvalue weighted by Crippen LogP contribution is 2.25. The maximum Gasteiger partial charge on any atom is 0.133 e. The normalized spacial score (nSPS) is 12.4. The lowest BCUT2D eigenvalue weighted by Crippen LogP contribution is -2.08. The number of hydrogen-bond donors (Lipinski definition) is 1. The summed E-state index contributed by atoms with van der Waals surface area (Å²) in [4.78, 5) is 9.62. The molecule has 0 radical (unpaired) electrons. The Kier molecular flexibility index (Phi) is 3.56. The molecule has 1 unspecified atom stereocenters. The predicted octanol–water partition coefficient (Wildman–Crippen LogP) is 3.78. The zero-order valence-corrected chi connectivity index (χ0v) is 11.5. The van der Waals surface area contributed by atoms with Gasteiger partial charge in [0.15, 0.2) is 0 Å². The van der Waals surface area contributed by atoms with Crippen molar-refractivity contribution in [2.24, 2.45) is 0 Å². The molecule has 1 N–H and O–H groups in total. The molecule has 0 aromatic carbocycles. The minimum atomic E-state index is 0.264. The molecular weight excluding hydrogens is 286 g/mol. The second-order valence-electron chi connectivity index (χ2n) is 3.52. The van der Waals surface area contributed by atoms with E-state index in [1.54, 1.807) is 17.7 Å². The molecule has 0 saturated heterocycles. The van der Waals surface area contributed by atoms with E-state index in [9.17, 15) is 0 Å². The minimum Gasteiger partial charge on any atom is -0.362 e. The van der Waals surface area contributed by atoms with Crippen LogP contribution in [0, 0.1) is 6.92 Å². The maximum atomic E-state index is 4.24. The van der Waals surface area contributed by atoms with Crippen molar-refractivity contribution in [2.75, 3.05) is 5.32 Å². The SMILES string of the molecule is Cc1c(Br)ncnc1NC(C)c1cccs1. The van der Waals surface area contributed by atoms with Gasteiger partial charge in [0.1, 0.15) is 16.7 Å². The summed E-state index contributed by atoms with van der Waals surface area (Å²) in [5.74, 6) is 0.878. The van der Waals surface area contributed by atoms with Crippen LogP contribution < -0.4 is 5.32 Å². The molecule has 1 atom stereocenters. The fourth-order valence-corrected chi connectivity index (χ4v) is 2.40. The van der Waals surface area contributed by atoms with Gasteiger partial charge in [-0.25, -0.2) is 9.97 Å². The van der Waals surface area contributed by atoms with E-state index in [1.807, 2.05) is 6.92 Å². The molecule has 0 aliphatic rings. The van der Waals surface area contributed by atoms with Gasteiger partial charge >= 0.3 is 0 Å². The monoisotopic (exact) mass is 297 g/mol. The molecule has 0 fully saturated rings. The van der Waals surface area contributed by atoms with E-state index >= 15 is 0 Å². The third-order valence-corrected chi connectivity index (χ3v) is 4.20. The van der Waals surface area contributed by atoms with E-state index < -0.39 is 0 Å². The van der Waals surface area contributed by atoms with Crippen molar-refractivity contribution in [3.05, 3.63) is 38.9 Å². The molecule has 0 bridgehead atoms. The molecule has 0 aliphatic carbocycles. The Bertz CT molecular complexity index is 470. The number of nitrogens with one attached hydrogen (secondary N) is 1. The van der Waals surface area contributed by atoms with E-state index in [0.717, 1.165) is 16.0 Å². The number of halogens is 1. The topological polar surface area (TPSA) is 37.8 Å². The van der Waals surface area contributed by atoms with E-state index in [-0.39, 0.29) is 6.04 Å². The molecule has 5 heteroatoms. The Hall–Kier alpha value is -0.940. The Balaban J connectivity index is 2.18. The first-order chi connectivity index (χ1) is 7.68. The average molecular weight is 298 g/mol. The van der Waals surface area contributed by atoms with Crippen molar-refractivity contribution in [1.29, 1.82) is 0 Å². The van der Waals surface area contributed by atoms with Gasteiger partial charge < -0.3 is 5.32 Å². The molecule has 0 saturated carbocycles. The van der Waals surface area contributed by atoms with Gasteiger partial charge in [-0.05, 0) is 41.2 Å². The zero-order chi connectivity index (χ0) is 11.5. The fraction of sp³-hybridized carbons (Fsp3) is 0.273. The number of anilines is 1. The average Bonchev–Trinajstić information content (AvgIpc) is 2.78. The Morgan fingerprint density at radius 1 is 1.44 bits per heavy atom. The van der Waals surface area contributed by atoms with Crippen molar-refractivity contribution in [2.45, 2.75) is 19.9 Å². The van der Waals surface area contributed by atoms with Gasteiger partial charge in [0.25, 0.3) is 0 Å². The van der Waals surface area contributed by atoms with Crippen molar-refractivity contribution < 1.29 is 0 Å². The molecule has 2 heterocycles. The van der Waals surface area contributed by atoms with Gasteiger partial charge in [0.2, 0.25) is 0 Å². The first-order valence-electron chi connectivity index (χ1n) is 4.95. The molecule has 3 nitrogen and oxygen atoms in total. The van der Waals surface area contributed by atoms with Crippen molar-refractivity contribution in [3.63, 3.8) is 0 Å². The van der Waals surface area contributed by atoms with Gasteiger partial charge in [-0.1, -0.05) is 6.07 Å². The Labute approximate surface area is 107 Å². The molecule has 0 aliphatic heterocycles. The van der Waals surface area contributed by atoms with Crippen LogP contribution in [0.3, 0.4) is 0 Å². The van der Waals surface area contributed by atoms with Gasteiger partial charge in [-0.3, -0.25) is 0 Å². The van der Waals surface area contributed by atoms with Gasteiger partial charge in [-0.2, -0.15) is 0 Å². The largest absolute Gasteiger partial charge is 0.362 e. The molecule has 2 aromatic heterocycles. The summed E-state index contributed by atoms with van der Waals surface area (Å²) < 4.78 is 0.836. The van der Waals surface area contributed by atoms with Crippen molar-refractivity contribution in [1.82, 2.24) is 9.97 Å². The lowest BCUT2D eigenvalue weighted by Gasteiger charge is -2.14. The van der Waals surface area contributed by atoms with Crippen LogP contribution in [-0.2, 0) is 0 Å². The van der Waals surface area contributed by atoms with Gasteiger partial charge in [-0.15, -0.1) is 11.3 Å². The first-order valence-corrected chi connectivity index (χ1v) is 6.63. The van der Waals surface area contributed by atoms with E-state index in [1.165, 1.54) is 4.88 Å². The van der Waals surface area contributed by atoms with Crippen LogP contribution in [0.15, 0.2) is 28.4 Å². The third kappa shape index (κ3) is 2.41. The summed E-state index contributed by atoms with van der Waals surface area (Å²) in [6, 6.07) is 4.44. The molecule has 0 spiro atoms. The molecular formula is C11H12BrN3S. The van der Waals surface area contributed by atoms with Crippen LogP contribution in [0.5, 0.6) is 0 Å². The highest BCUT2D eigenvalue weighted by Gasteiger charge is 2.10. The highest BCUT2D eigenvalue weighted by molar-refractivity contribution is 9.10. The zero-order valence-electron chi connectivity index (χ0n) is 9.07. The van der Waals surface area contributed by atoms with E-state index in [0.29, 0.717) is 0 Å². The van der Waals surface area contributed by atoms with Crippen LogP contribution in [0.2, 0.25) is 0 Å². The summed E-state index contributed by atoms with van der Waals surface area (Å²) in [7, 11) is 0. The van der Waals surface area contributed by atoms with Crippen LogP contribution in [0.4, 0.5) is 5.82 Å². The fourth-order valence-electron chi connectivity index (χ4n) is 1.39. The highest BCUT2D eigenvalue weighted by atomic mass is 79.9. The lowest BCUT2D eigenvalue weighted by atomic mass is 10.2. The smallest absolute Gasteiger partial charge is 0.133 e. The summed E-state index contributed by atoms with van der Waals surface area (Å²) in [6.45, 7) is 4.12. The summed E-state index contributed by atoms with van der Waals surface area (Å²) in [5.41, 5.74) is 1.03. The van der Waals surface area contributed by atoms with Gasteiger partial charge in [0.05, 0.1) is 6.04 Å². The number of thiophene rings is 1.